The van der Waals surface area contributed by atoms with E-state index in [0.717, 1.165) is 22.6 Å². The summed E-state index contributed by atoms with van der Waals surface area (Å²) in [7, 11) is 5.13. The second kappa shape index (κ2) is 9.87. The van der Waals surface area contributed by atoms with E-state index >= 15 is 0 Å². The van der Waals surface area contributed by atoms with E-state index in [0.29, 0.717) is 22.3 Å². The molecule has 0 spiro atoms. The summed E-state index contributed by atoms with van der Waals surface area (Å²) in [6.45, 7) is 5.76. The van der Waals surface area contributed by atoms with Crippen molar-refractivity contribution >= 4 is 17.5 Å². The van der Waals surface area contributed by atoms with E-state index in [4.69, 9.17) is 14.2 Å². The van der Waals surface area contributed by atoms with Crippen LogP contribution in [0.25, 0.3) is 0 Å². The average Bonchev–Trinajstić information content (AvgIpc) is 3.14. The Morgan fingerprint density at radius 3 is 2.35 bits per heavy atom. The Bertz CT molecular complexity index is 1060. The number of nitrogens with zero attached hydrogens (tertiary/aromatic N) is 3. The van der Waals surface area contributed by atoms with Gasteiger partial charge < -0.3 is 18.8 Å². The first-order valence-corrected chi connectivity index (χ1v) is 10.8. The third kappa shape index (κ3) is 5.19. The maximum Gasteiger partial charge on any atom is 0.191 e. The smallest absolute Gasteiger partial charge is 0.191 e. The van der Waals surface area contributed by atoms with Crippen molar-refractivity contribution in [1.29, 1.82) is 0 Å². The van der Waals surface area contributed by atoms with Crippen LogP contribution >= 0.6 is 11.8 Å². The number of aryl methyl sites for hydroxylation is 2. The highest BCUT2D eigenvalue weighted by Gasteiger charge is 2.19. The Hall–Kier alpha value is -3.00. The van der Waals surface area contributed by atoms with Gasteiger partial charge in [-0.2, -0.15) is 0 Å². The van der Waals surface area contributed by atoms with Gasteiger partial charge in [0.1, 0.15) is 17.2 Å². The highest BCUT2D eigenvalue weighted by atomic mass is 32.2. The van der Waals surface area contributed by atoms with Crippen molar-refractivity contribution in [3.05, 3.63) is 58.9 Å². The Morgan fingerprint density at radius 2 is 1.71 bits per heavy atom. The maximum atomic E-state index is 12.8. The van der Waals surface area contributed by atoms with Crippen molar-refractivity contribution in [2.75, 3.05) is 20.0 Å². The van der Waals surface area contributed by atoms with Crippen LogP contribution in [0.5, 0.6) is 17.2 Å². The molecule has 0 saturated heterocycles. The summed E-state index contributed by atoms with van der Waals surface area (Å²) in [6, 6.07) is 11.1. The summed E-state index contributed by atoms with van der Waals surface area (Å²) in [5.74, 6) is 3.26. The molecule has 0 aliphatic rings. The van der Waals surface area contributed by atoms with Crippen molar-refractivity contribution < 1.29 is 19.0 Å². The van der Waals surface area contributed by atoms with Crippen LogP contribution in [0.15, 0.2) is 41.6 Å². The number of hydrogen-bond donors (Lipinski definition) is 0. The lowest BCUT2D eigenvalue weighted by Crippen LogP contribution is -2.11. The van der Waals surface area contributed by atoms with Gasteiger partial charge in [-0.25, -0.2) is 0 Å². The lowest BCUT2D eigenvalue weighted by atomic mass is 10.0. The summed E-state index contributed by atoms with van der Waals surface area (Å²) in [5, 5.41) is 9.17. The molecule has 7 nitrogen and oxygen atoms in total. The highest BCUT2D eigenvalue weighted by Crippen LogP contribution is 2.27. The lowest BCUT2D eigenvalue weighted by Gasteiger charge is -2.14. The molecular formula is C23H27N3O4S. The predicted octanol–water partition coefficient (Wildman–Crippen LogP) is 4.56. The van der Waals surface area contributed by atoms with Gasteiger partial charge >= 0.3 is 0 Å². The molecule has 0 amide bonds. The van der Waals surface area contributed by atoms with Gasteiger partial charge in [0, 0.05) is 12.6 Å². The van der Waals surface area contributed by atoms with Crippen LogP contribution in [0.1, 0.15) is 40.3 Å². The van der Waals surface area contributed by atoms with Crippen LogP contribution in [0, 0.1) is 13.8 Å². The fraction of sp³-hybridized carbons (Fsp3) is 0.348. The average molecular weight is 442 g/mol. The summed E-state index contributed by atoms with van der Waals surface area (Å²) in [4.78, 5) is 12.8. The number of thioether (sulfide) groups is 1. The number of Topliss-reactive ketones (excluding diaryl/α,β-unsaturated/α-hetero) is 1. The third-order valence-corrected chi connectivity index (χ3v) is 6.00. The van der Waals surface area contributed by atoms with Crippen molar-refractivity contribution in [2.24, 2.45) is 7.05 Å². The number of carbonyl (C=O) groups is 1. The van der Waals surface area contributed by atoms with Crippen molar-refractivity contribution in [2.45, 2.75) is 32.0 Å². The number of ether oxygens (including phenoxy) is 3. The Kier molecular flexibility index (Phi) is 7.22. The van der Waals surface area contributed by atoms with Crippen molar-refractivity contribution in [3.63, 3.8) is 0 Å². The third-order valence-electron chi connectivity index (χ3n) is 4.98. The number of benzene rings is 2. The lowest BCUT2D eigenvalue weighted by molar-refractivity contribution is 0.102. The van der Waals surface area contributed by atoms with E-state index in [9.17, 15) is 4.79 Å². The summed E-state index contributed by atoms with van der Waals surface area (Å²) in [5.41, 5.74) is 2.53. The zero-order valence-electron chi connectivity index (χ0n) is 18.6. The standard InChI is InChI=1S/C23H27N3O4S/c1-14-12-21(29-6)15(2)11-19(14)20(27)13-31-23-25-24-22(26(23)4)16(3)30-18-9-7-17(28-5)8-10-18/h7-12,16H,13H2,1-6H3. The van der Waals surface area contributed by atoms with Crippen LogP contribution in [0.3, 0.4) is 0 Å². The summed E-state index contributed by atoms with van der Waals surface area (Å²) >= 11 is 1.36. The molecule has 0 aliphatic carbocycles. The molecule has 0 bridgehead atoms. The molecule has 1 atom stereocenters. The molecule has 3 rings (SSSR count). The minimum atomic E-state index is -0.303. The minimum absolute atomic E-state index is 0.0420. The van der Waals surface area contributed by atoms with Gasteiger partial charge in [0.2, 0.25) is 0 Å². The molecule has 2 aromatic carbocycles. The van der Waals surface area contributed by atoms with Crippen molar-refractivity contribution in [3.8, 4) is 17.2 Å². The van der Waals surface area contributed by atoms with E-state index < -0.39 is 0 Å². The fourth-order valence-corrected chi connectivity index (χ4v) is 4.04. The zero-order valence-corrected chi connectivity index (χ0v) is 19.4. The van der Waals surface area contributed by atoms with E-state index in [1.54, 1.807) is 14.2 Å². The normalized spacial score (nSPS) is 11.8. The Labute approximate surface area is 186 Å². The summed E-state index contributed by atoms with van der Waals surface area (Å²) in [6.07, 6.45) is -0.303. The van der Waals surface area contributed by atoms with E-state index in [-0.39, 0.29) is 17.6 Å². The first-order valence-electron chi connectivity index (χ1n) is 9.85. The monoisotopic (exact) mass is 441 g/mol. The van der Waals surface area contributed by atoms with Crippen molar-refractivity contribution in [1.82, 2.24) is 14.8 Å². The number of aromatic nitrogens is 3. The van der Waals surface area contributed by atoms with E-state index in [1.165, 1.54) is 11.8 Å². The molecule has 0 radical (unpaired) electrons. The number of methoxy groups -OCH3 is 2. The van der Waals surface area contributed by atoms with Crippen LogP contribution in [-0.2, 0) is 7.05 Å². The van der Waals surface area contributed by atoms with Gasteiger partial charge in [-0.05, 0) is 68.3 Å². The molecule has 31 heavy (non-hydrogen) atoms. The second-order valence-corrected chi connectivity index (χ2v) is 8.13. The minimum Gasteiger partial charge on any atom is -0.497 e. The molecule has 0 saturated carbocycles. The molecule has 3 aromatic rings. The van der Waals surface area contributed by atoms with E-state index in [2.05, 4.69) is 10.2 Å². The molecule has 0 fully saturated rings. The Morgan fingerprint density at radius 1 is 1.03 bits per heavy atom. The number of ketones is 1. The van der Waals surface area contributed by atoms with Crippen LogP contribution in [0.4, 0.5) is 0 Å². The second-order valence-electron chi connectivity index (χ2n) is 7.18. The molecule has 0 aliphatic heterocycles. The first-order chi connectivity index (χ1) is 14.8. The van der Waals surface area contributed by atoms with Crippen LogP contribution in [0.2, 0.25) is 0 Å². The first kappa shape index (κ1) is 22.7. The Balaban J connectivity index is 1.66. The molecule has 1 unspecified atom stereocenters. The summed E-state index contributed by atoms with van der Waals surface area (Å²) < 4.78 is 18.3. The molecule has 1 aromatic heterocycles. The number of hydrogen-bond acceptors (Lipinski definition) is 7. The largest absolute Gasteiger partial charge is 0.497 e. The molecule has 1 heterocycles. The molecule has 8 heteroatoms. The predicted molar refractivity (Wildman–Crippen MR) is 121 cm³/mol. The van der Waals surface area contributed by atoms with Gasteiger partial charge in [0.15, 0.2) is 22.9 Å². The SMILES string of the molecule is COc1ccc(OC(C)c2nnc(SCC(=O)c3cc(C)c(OC)cc3C)n2C)cc1. The van der Waals surface area contributed by atoms with Gasteiger partial charge in [0.25, 0.3) is 0 Å². The zero-order chi connectivity index (χ0) is 22.5. The maximum absolute atomic E-state index is 12.8. The quantitative estimate of drug-likeness (QED) is 0.356. The number of carbonyl (C=O) groups excluding carboxylic acids is 1. The number of rotatable bonds is 9. The van der Waals surface area contributed by atoms with E-state index in [1.807, 2.05) is 68.8 Å². The van der Waals surface area contributed by atoms with Gasteiger partial charge in [-0.15, -0.1) is 10.2 Å². The molecular weight excluding hydrogens is 414 g/mol. The topological polar surface area (TPSA) is 75.5 Å². The van der Waals surface area contributed by atoms with Gasteiger partial charge in [-0.1, -0.05) is 11.8 Å². The molecule has 0 N–H and O–H groups in total. The van der Waals surface area contributed by atoms with Crippen LogP contribution < -0.4 is 14.2 Å². The highest BCUT2D eigenvalue weighted by molar-refractivity contribution is 7.99. The van der Waals surface area contributed by atoms with Gasteiger partial charge in [0.05, 0.1) is 20.0 Å². The van der Waals surface area contributed by atoms with Crippen LogP contribution in [-0.4, -0.2) is 40.5 Å². The fourth-order valence-electron chi connectivity index (χ4n) is 3.23. The molecule has 164 valence electrons. The van der Waals surface area contributed by atoms with Gasteiger partial charge in [-0.3, -0.25) is 4.79 Å².